The van der Waals surface area contributed by atoms with Gasteiger partial charge in [-0.1, -0.05) is 6.42 Å². The molecule has 0 N–H and O–H groups in total. The molecule has 2 fully saturated rings. The normalized spacial score (nSPS) is 22.4. The van der Waals surface area contributed by atoms with Crippen LogP contribution >= 0.6 is 0 Å². The molecular weight excluding hydrogens is 418 g/mol. The number of morpholine rings is 1. The van der Waals surface area contributed by atoms with E-state index in [4.69, 9.17) is 4.74 Å². The van der Waals surface area contributed by atoms with Crippen LogP contribution in [-0.2, 0) is 30.8 Å². The van der Waals surface area contributed by atoms with Gasteiger partial charge >= 0.3 is 0 Å². The van der Waals surface area contributed by atoms with Crippen LogP contribution in [-0.4, -0.2) is 74.9 Å². The van der Waals surface area contributed by atoms with E-state index in [2.05, 4.69) is 0 Å². The van der Waals surface area contributed by atoms with Gasteiger partial charge in [-0.15, -0.1) is 0 Å². The number of rotatable bonds is 5. The van der Waals surface area contributed by atoms with Crippen LogP contribution in [0.2, 0.25) is 0 Å². The summed E-state index contributed by atoms with van der Waals surface area (Å²) in [5.41, 5.74) is 1.63. The number of piperidine rings is 1. The fraction of sp³-hybridized carbons (Fsp3) is 0.636. The van der Waals surface area contributed by atoms with Crippen LogP contribution in [0, 0.1) is 0 Å². The Hall–Kier alpha value is -1.97. The average Bonchev–Trinajstić information content (AvgIpc) is 3.21. The molecule has 0 aromatic heterocycles. The molecule has 0 bridgehead atoms. The third-order valence-corrected chi connectivity index (χ3v) is 8.52. The van der Waals surface area contributed by atoms with E-state index in [0.717, 1.165) is 30.5 Å². The number of ether oxygens (including phenoxy) is 1. The highest BCUT2D eigenvalue weighted by Gasteiger charge is 2.33. The Bertz CT molecular complexity index is 942. The summed E-state index contributed by atoms with van der Waals surface area (Å²) < 4.78 is 33.1. The van der Waals surface area contributed by atoms with Gasteiger partial charge < -0.3 is 14.5 Å². The largest absolute Gasteiger partial charge is 0.378 e. The van der Waals surface area contributed by atoms with E-state index >= 15 is 0 Å². The van der Waals surface area contributed by atoms with Crippen LogP contribution in [0.3, 0.4) is 0 Å². The Labute approximate surface area is 184 Å². The minimum absolute atomic E-state index is 0.00841. The minimum atomic E-state index is -3.53. The molecule has 1 atom stereocenters. The molecule has 31 heavy (non-hydrogen) atoms. The number of hydrogen-bond acceptors (Lipinski definition) is 5. The van der Waals surface area contributed by atoms with Crippen molar-refractivity contribution in [3.63, 3.8) is 0 Å². The highest BCUT2D eigenvalue weighted by atomic mass is 32.2. The molecule has 1 unspecified atom stereocenters. The molecule has 3 heterocycles. The van der Waals surface area contributed by atoms with Gasteiger partial charge in [-0.25, -0.2) is 8.42 Å². The number of sulfonamides is 1. The van der Waals surface area contributed by atoms with Crippen molar-refractivity contribution in [2.75, 3.05) is 44.3 Å². The lowest BCUT2D eigenvalue weighted by atomic mass is 10.1. The van der Waals surface area contributed by atoms with Crippen molar-refractivity contribution in [2.24, 2.45) is 0 Å². The third-order valence-electron chi connectivity index (χ3n) is 6.51. The number of hydrogen-bond donors (Lipinski definition) is 0. The second-order valence-corrected chi connectivity index (χ2v) is 10.4. The van der Waals surface area contributed by atoms with Gasteiger partial charge in [-0.3, -0.25) is 9.59 Å². The van der Waals surface area contributed by atoms with Crippen LogP contribution in [0.4, 0.5) is 5.69 Å². The molecule has 2 saturated heterocycles. The molecule has 3 aliphatic rings. The quantitative estimate of drug-likeness (QED) is 0.684. The number of amides is 2. The number of fused-ring (bicyclic) bond motifs is 1. The van der Waals surface area contributed by atoms with Gasteiger partial charge in [0.15, 0.2) is 0 Å². The summed E-state index contributed by atoms with van der Waals surface area (Å²) in [6.07, 6.45) is 3.79. The summed E-state index contributed by atoms with van der Waals surface area (Å²) in [6, 6.07) is 5.08. The van der Waals surface area contributed by atoms with E-state index in [1.807, 2.05) is 6.92 Å². The maximum absolute atomic E-state index is 13.1. The Balaban J connectivity index is 1.42. The summed E-state index contributed by atoms with van der Waals surface area (Å²) in [7, 11) is -3.53. The first kappa shape index (κ1) is 22.2. The Morgan fingerprint density at radius 2 is 1.77 bits per heavy atom. The smallest absolute Gasteiger partial charge is 0.243 e. The Morgan fingerprint density at radius 1 is 1.03 bits per heavy atom. The third kappa shape index (κ3) is 4.63. The SMILES string of the molecule is CC1CCCCN1S(=O)(=O)c1ccc2c(c1)CCN2C(=O)CCC(=O)N1CCOCC1. The first-order valence-electron chi connectivity index (χ1n) is 11.2. The van der Waals surface area contributed by atoms with Crippen molar-refractivity contribution >= 4 is 27.5 Å². The molecule has 4 rings (SSSR count). The van der Waals surface area contributed by atoms with E-state index in [9.17, 15) is 18.0 Å². The van der Waals surface area contributed by atoms with Gasteiger partial charge in [0.05, 0.1) is 18.1 Å². The van der Waals surface area contributed by atoms with E-state index in [1.54, 1.807) is 32.3 Å². The molecule has 9 heteroatoms. The zero-order chi connectivity index (χ0) is 22.0. The Morgan fingerprint density at radius 3 is 2.52 bits per heavy atom. The molecular formula is C22H31N3O5S. The highest BCUT2D eigenvalue weighted by molar-refractivity contribution is 7.89. The van der Waals surface area contributed by atoms with E-state index in [0.29, 0.717) is 50.7 Å². The predicted octanol–water partition coefficient (Wildman–Crippen LogP) is 1.78. The number of carbonyl (C=O) groups is 2. The van der Waals surface area contributed by atoms with Crippen molar-refractivity contribution in [1.29, 1.82) is 0 Å². The van der Waals surface area contributed by atoms with Crippen molar-refractivity contribution in [2.45, 2.75) is 56.4 Å². The second-order valence-electron chi connectivity index (χ2n) is 8.54. The van der Waals surface area contributed by atoms with Crippen LogP contribution in [0.1, 0.15) is 44.6 Å². The minimum Gasteiger partial charge on any atom is -0.378 e. The Kier molecular flexibility index (Phi) is 6.64. The first-order chi connectivity index (χ1) is 14.9. The summed E-state index contributed by atoms with van der Waals surface area (Å²) in [6.45, 7) is 5.27. The molecule has 0 radical (unpaired) electrons. The van der Waals surface area contributed by atoms with Gasteiger partial charge in [-0.2, -0.15) is 4.31 Å². The van der Waals surface area contributed by atoms with E-state index in [1.165, 1.54) is 0 Å². The average molecular weight is 450 g/mol. The number of anilines is 1. The van der Waals surface area contributed by atoms with Crippen molar-refractivity contribution < 1.29 is 22.7 Å². The number of benzene rings is 1. The maximum Gasteiger partial charge on any atom is 0.243 e. The van der Waals surface area contributed by atoms with Gasteiger partial charge in [0.1, 0.15) is 0 Å². The summed E-state index contributed by atoms with van der Waals surface area (Å²) >= 11 is 0. The molecule has 170 valence electrons. The van der Waals surface area contributed by atoms with E-state index < -0.39 is 10.0 Å². The van der Waals surface area contributed by atoms with Crippen molar-refractivity contribution in [1.82, 2.24) is 9.21 Å². The lowest BCUT2D eigenvalue weighted by Gasteiger charge is -2.32. The summed E-state index contributed by atoms with van der Waals surface area (Å²) in [4.78, 5) is 28.8. The van der Waals surface area contributed by atoms with Crippen molar-refractivity contribution in [3.05, 3.63) is 23.8 Å². The first-order valence-corrected chi connectivity index (χ1v) is 12.6. The molecule has 0 saturated carbocycles. The topological polar surface area (TPSA) is 87.2 Å². The predicted molar refractivity (Wildman–Crippen MR) is 116 cm³/mol. The zero-order valence-corrected chi connectivity index (χ0v) is 18.9. The molecule has 8 nitrogen and oxygen atoms in total. The molecule has 2 amide bonds. The van der Waals surface area contributed by atoms with Crippen LogP contribution < -0.4 is 4.90 Å². The lowest BCUT2D eigenvalue weighted by molar-refractivity contribution is -0.136. The summed E-state index contributed by atoms with van der Waals surface area (Å²) in [5.74, 6) is -0.117. The lowest BCUT2D eigenvalue weighted by Crippen LogP contribution is -2.41. The zero-order valence-electron chi connectivity index (χ0n) is 18.1. The van der Waals surface area contributed by atoms with Crippen LogP contribution in [0.25, 0.3) is 0 Å². The second kappa shape index (κ2) is 9.26. The van der Waals surface area contributed by atoms with Gasteiger partial charge in [0, 0.05) is 50.7 Å². The standard InChI is InChI=1S/C22H31N3O5S/c1-17-4-2-3-10-25(17)31(28,29)19-5-6-20-18(16-19)9-11-24(20)22(27)8-7-21(26)23-12-14-30-15-13-23/h5-6,16-17H,2-4,7-15H2,1H3. The number of nitrogens with zero attached hydrogens (tertiary/aromatic N) is 3. The fourth-order valence-corrected chi connectivity index (χ4v) is 6.43. The monoisotopic (exact) mass is 449 g/mol. The van der Waals surface area contributed by atoms with Gasteiger partial charge in [-0.05, 0) is 49.9 Å². The molecule has 1 aromatic carbocycles. The molecule has 3 aliphatic heterocycles. The molecule has 0 aliphatic carbocycles. The molecule has 0 spiro atoms. The van der Waals surface area contributed by atoms with E-state index in [-0.39, 0.29) is 30.7 Å². The van der Waals surface area contributed by atoms with Crippen LogP contribution in [0.15, 0.2) is 23.1 Å². The van der Waals surface area contributed by atoms with Gasteiger partial charge in [0.25, 0.3) is 0 Å². The van der Waals surface area contributed by atoms with Crippen molar-refractivity contribution in [3.8, 4) is 0 Å². The highest BCUT2D eigenvalue weighted by Crippen LogP contribution is 2.33. The fourth-order valence-electron chi connectivity index (χ4n) is 4.68. The van der Waals surface area contributed by atoms with Crippen LogP contribution in [0.5, 0.6) is 0 Å². The summed E-state index contributed by atoms with van der Waals surface area (Å²) in [5, 5.41) is 0. The number of carbonyl (C=O) groups excluding carboxylic acids is 2. The molecule has 1 aromatic rings. The van der Waals surface area contributed by atoms with Gasteiger partial charge in [0.2, 0.25) is 21.8 Å². The maximum atomic E-state index is 13.1.